The number of methoxy groups -OCH3 is 2. The van der Waals surface area contributed by atoms with Gasteiger partial charge in [-0.3, -0.25) is 14.5 Å². The molecular weight excluding hydrogens is 675 g/mol. The van der Waals surface area contributed by atoms with Gasteiger partial charge in [0.25, 0.3) is 11.8 Å². The fourth-order valence-corrected chi connectivity index (χ4v) is 9.65. The molecular formula is C45H51N5O4. The third-order valence-corrected chi connectivity index (χ3v) is 12.5. The van der Waals surface area contributed by atoms with Gasteiger partial charge in [-0.25, -0.2) is 4.98 Å². The lowest BCUT2D eigenvalue weighted by atomic mass is 9.70. The molecule has 280 valence electrons. The highest BCUT2D eigenvalue weighted by Crippen LogP contribution is 2.45. The van der Waals surface area contributed by atoms with E-state index in [1.165, 1.54) is 36.8 Å². The average Bonchev–Trinajstić information content (AvgIpc) is 3.68. The lowest BCUT2D eigenvalue weighted by Crippen LogP contribution is -2.49. The van der Waals surface area contributed by atoms with Crippen molar-refractivity contribution < 1.29 is 19.1 Å². The third kappa shape index (κ3) is 6.97. The van der Waals surface area contributed by atoms with Crippen molar-refractivity contribution in [1.82, 2.24) is 24.7 Å². The maximum absolute atomic E-state index is 13.9. The van der Waals surface area contributed by atoms with Crippen molar-refractivity contribution in [2.24, 2.45) is 0 Å². The molecule has 54 heavy (non-hydrogen) atoms. The molecule has 9 heteroatoms. The Hall–Kier alpha value is -5.15. The Kier molecular flexibility index (Phi) is 10.2. The minimum absolute atomic E-state index is 0.00964. The Morgan fingerprint density at radius 3 is 2.28 bits per heavy atom. The summed E-state index contributed by atoms with van der Waals surface area (Å²) in [7, 11) is 3.20. The number of ether oxygens (including phenoxy) is 2. The van der Waals surface area contributed by atoms with Crippen molar-refractivity contribution in [2.45, 2.75) is 82.0 Å². The number of hydrogen-bond donors (Lipinski definition) is 1. The molecule has 0 saturated carbocycles. The molecule has 2 amide bonds. The molecule has 0 aliphatic carbocycles. The maximum atomic E-state index is 13.9. The van der Waals surface area contributed by atoms with Crippen molar-refractivity contribution in [1.29, 1.82) is 0 Å². The number of carbonyl (C=O) groups excluding carboxylic acids is 2. The second-order valence-electron chi connectivity index (χ2n) is 15.4. The molecule has 2 bridgehead atoms. The highest BCUT2D eigenvalue weighted by atomic mass is 16.5. The summed E-state index contributed by atoms with van der Waals surface area (Å²) >= 11 is 0. The van der Waals surface area contributed by atoms with E-state index in [1.54, 1.807) is 38.5 Å². The Balaban J connectivity index is 0.916. The Morgan fingerprint density at radius 1 is 0.815 bits per heavy atom. The number of carbonyl (C=O) groups is 2. The van der Waals surface area contributed by atoms with Crippen LogP contribution in [0.5, 0.6) is 11.5 Å². The standard InChI is InChI=1S/C45H51N5O4/c1-31-47-40-14-7-8-15-41(40)50(31)38-27-36-17-18-37(28-38)49(36)25-22-45(35-12-5-4-6-13-35)20-23-48(24-21-45)44(52)33-11-9-10-32(26-33)43(51)46-30-34-16-19-39(53-2)29-42(34)54-3/h4-16,19,26,29,36-38H,17-18,20-25,27-28,30H2,1-3H3,(H,46,51)/t36-,37+,38?. The van der Waals surface area contributed by atoms with Gasteiger partial charge in [-0.15, -0.1) is 0 Å². The van der Waals surface area contributed by atoms with E-state index in [0.29, 0.717) is 60.4 Å². The second kappa shape index (κ2) is 15.3. The first-order chi connectivity index (χ1) is 26.4. The number of amides is 2. The molecule has 9 nitrogen and oxygen atoms in total. The topological polar surface area (TPSA) is 88.9 Å². The molecule has 3 aliphatic heterocycles. The number of nitrogens with one attached hydrogen (secondary N) is 1. The highest BCUT2D eigenvalue weighted by molar-refractivity contribution is 5.99. The van der Waals surface area contributed by atoms with Crippen LogP contribution in [0.3, 0.4) is 0 Å². The quantitative estimate of drug-likeness (QED) is 0.150. The molecule has 0 radical (unpaired) electrons. The number of hydrogen-bond acceptors (Lipinski definition) is 6. The van der Waals surface area contributed by atoms with E-state index in [2.05, 4.69) is 76.3 Å². The summed E-state index contributed by atoms with van der Waals surface area (Å²) in [4.78, 5) is 36.9. The molecule has 3 atom stereocenters. The molecule has 1 unspecified atom stereocenters. The van der Waals surface area contributed by atoms with Crippen LogP contribution in [0.1, 0.15) is 88.7 Å². The van der Waals surface area contributed by atoms with Crippen molar-refractivity contribution in [3.05, 3.63) is 125 Å². The monoisotopic (exact) mass is 725 g/mol. The lowest BCUT2D eigenvalue weighted by Gasteiger charge is -2.45. The molecule has 4 aromatic carbocycles. The number of para-hydroxylation sites is 2. The van der Waals surface area contributed by atoms with Crippen molar-refractivity contribution >= 4 is 22.8 Å². The summed E-state index contributed by atoms with van der Waals surface area (Å²) in [6, 6.07) is 33.8. The van der Waals surface area contributed by atoms with Gasteiger partial charge in [0, 0.05) is 60.5 Å². The molecule has 3 saturated heterocycles. The predicted octanol–water partition coefficient (Wildman–Crippen LogP) is 7.72. The normalized spacial score (nSPS) is 20.9. The molecule has 5 aromatic rings. The summed E-state index contributed by atoms with van der Waals surface area (Å²) in [6.07, 6.45) is 7.78. The summed E-state index contributed by atoms with van der Waals surface area (Å²) in [5.41, 5.74) is 5.58. The average molecular weight is 726 g/mol. The van der Waals surface area contributed by atoms with E-state index in [1.807, 2.05) is 23.1 Å². The first-order valence-corrected chi connectivity index (χ1v) is 19.5. The lowest BCUT2D eigenvalue weighted by molar-refractivity contribution is 0.0607. The van der Waals surface area contributed by atoms with Gasteiger partial charge in [0.05, 0.1) is 25.3 Å². The summed E-state index contributed by atoms with van der Waals surface area (Å²) in [6.45, 7) is 4.89. The largest absolute Gasteiger partial charge is 0.497 e. The third-order valence-electron chi connectivity index (χ3n) is 12.5. The minimum Gasteiger partial charge on any atom is -0.497 e. The van der Waals surface area contributed by atoms with E-state index < -0.39 is 0 Å². The first-order valence-electron chi connectivity index (χ1n) is 19.5. The van der Waals surface area contributed by atoms with Crippen LogP contribution in [0.4, 0.5) is 0 Å². The Labute approximate surface area is 318 Å². The molecule has 3 aliphatic rings. The Morgan fingerprint density at radius 2 is 1.54 bits per heavy atom. The number of rotatable bonds is 11. The number of benzene rings is 4. The Bertz CT molecular complexity index is 2110. The van der Waals surface area contributed by atoms with Crippen LogP contribution in [-0.4, -0.2) is 77.1 Å². The van der Waals surface area contributed by atoms with Crippen LogP contribution in [0, 0.1) is 6.92 Å². The van der Waals surface area contributed by atoms with Crippen LogP contribution >= 0.6 is 0 Å². The van der Waals surface area contributed by atoms with Gasteiger partial charge in [-0.1, -0.05) is 48.5 Å². The van der Waals surface area contributed by atoms with Gasteiger partial charge in [0.15, 0.2) is 0 Å². The zero-order chi connectivity index (χ0) is 37.2. The van der Waals surface area contributed by atoms with E-state index in [9.17, 15) is 9.59 Å². The number of aryl methyl sites for hydroxylation is 1. The van der Waals surface area contributed by atoms with Crippen LogP contribution in [0.15, 0.2) is 97.1 Å². The molecule has 0 spiro atoms. The van der Waals surface area contributed by atoms with Gasteiger partial charge < -0.3 is 24.3 Å². The van der Waals surface area contributed by atoms with E-state index in [-0.39, 0.29) is 17.2 Å². The second-order valence-corrected chi connectivity index (χ2v) is 15.4. The molecule has 3 fully saturated rings. The number of nitrogens with zero attached hydrogens (tertiary/aromatic N) is 4. The summed E-state index contributed by atoms with van der Waals surface area (Å²) < 4.78 is 13.3. The van der Waals surface area contributed by atoms with Crippen molar-refractivity contribution in [2.75, 3.05) is 33.9 Å². The number of piperidine rings is 2. The highest BCUT2D eigenvalue weighted by Gasteiger charge is 2.44. The zero-order valence-corrected chi connectivity index (χ0v) is 31.7. The molecule has 8 rings (SSSR count). The van der Waals surface area contributed by atoms with Crippen LogP contribution in [-0.2, 0) is 12.0 Å². The fourth-order valence-electron chi connectivity index (χ4n) is 9.65. The molecule has 1 aromatic heterocycles. The van der Waals surface area contributed by atoms with E-state index in [0.717, 1.165) is 42.7 Å². The first kappa shape index (κ1) is 35.9. The van der Waals surface area contributed by atoms with Crippen LogP contribution in [0.25, 0.3) is 11.0 Å². The van der Waals surface area contributed by atoms with E-state index in [4.69, 9.17) is 14.5 Å². The SMILES string of the molecule is COc1ccc(CNC(=O)c2cccc(C(=O)N3CCC(CCN4[C@@H]5CC[C@H]4CC(n4c(C)nc6ccccc64)C5)(c4ccccc4)CC3)c2)c(OC)c1. The van der Waals surface area contributed by atoms with Gasteiger partial charge in [0.1, 0.15) is 17.3 Å². The molecule has 1 N–H and O–H groups in total. The number of imidazole rings is 1. The predicted molar refractivity (Wildman–Crippen MR) is 211 cm³/mol. The number of aromatic nitrogens is 2. The van der Waals surface area contributed by atoms with Crippen LogP contribution < -0.4 is 14.8 Å². The number of likely N-dealkylation sites (tertiary alicyclic amines) is 1. The van der Waals surface area contributed by atoms with Crippen molar-refractivity contribution in [3.8, 4) is 11.5 Å². The van der Waals surface area contributed by atoms with Gasteiger partial charge >= 0.3 is 0 Å². The zero-order valence-electron chi connectivity index (χ0n) is 31.7. The van der Waals surface area contributed by atoms with Gasteiger partial charge in [0.2, 0.25) is 0 Å². The smallest absolute Gasteiger partial charge is 0.253 e. The maximum Gasteiger partial charge on any atom is 0.253 e. The van der Waals surface area contributed by atoms with E-state index >= 15 is 0 Å². The fraction of sp³-hybridized carbons (Fsp3) is 0.400. The summed E-state index contributed by atoms with van der Waals surface area (Å²) in [5.74, 6) is 2.19. The van der Waals surface area contributed by atoms with Crippen LogP contribution in [0.2, 0.25) is 0 Å². The van der Waals surface area contributed by atoms with Gasteiger partial charge in [-0.2, -0.15) is 0 Å². The molecule has 4 heterocycles. The van der Waals surface area contributed by atoms with Gasteiger partial charge in [-0.05, 0) is 112 Å². The number of fused-ring (bicyclic) bond motifs is 3. The summed E-state index contributed by atoms with van der Waals surface area (Å²) in [5, 5.41) is 2.98. The minimum atomic E-state index is -0.240. The van der Waals surface area contributed by atoms with Crippen molar-refractivity contribution in [3.63, 3.8) is 0 Å².